The van der Waals surface area contributed by atoms with Crippen LogP contribution in [0.25, 0.3) is 0 Å². The number of piperidine rings is 1. The van der Waals surface area contributed by atoms with Crippen molar-refractivity contribution in [2.45, 2.75) is 58.2 Å². The normalized spacial score (nSPS) is 20.3. The molecule has 2 aliphatic heterocycles. The maximum absolute atomic E-state index is 4.43. The Morgan fingerprint density at radius 1 is 0.968 bits per heavy atom. The first-order valence-corrected chi connectivity index (χ1v) is 12.3. The van der Waals surface area contributed by atoms with Crippen LogP contribution in [0, 0.1) is 0 Å². The quantitative estimate of drug-likeness (QED) is 0.360. The smallest absolute Gasteiger partial charge is 0.191 e. The number of unbranched alkanes of at least 4 members (excludes halogenated alkanes) is 1. The van der Waals surface area contributed by atoms with Crippen molar-refractivity contribution in [2.75, 3.05) is 59.4 Å². The zero-order valence-electron chi connectivity index (χ0n) is 20.0. The minimum absolute atomic E-state index is 0.549. The molecule has 0 spiro atoms. The summed E-state index contributed by atoms with van der Waals surface area (Å²) in [6, 6.07) is 12.0. The fourth-order valence-corrected chi connectivity index (χ4v) is 4.63. The van der Waals surface area contributed by atoms with E-state index >= 15 is 0 Å². The standard InChI is InChI=1S/C25H44N6/c1-22(2)31-15-11-24(12-16-31)28-25(26-3)27-13-7-8-14-29-17-19-30(20-18-29)21-23-9-5-4-6-10-23/h4-6,9-10,22,24H,7-8,11-21H2,1-3H3,(H2,26,27,28). The monoisotopic (exact) mass is 428 g/mol. The van der Waals surface area contributed by atoms with E-state index < -0.39 is 0 Å². The van der Waals surface area contributed by atoms with E-state index in [0.29, 0.717) is 12.1 Å². The van der Waals surface area contributed by atoms with Crippen molar-refractivity contribution in [3.05, 3.63) is 35.9 Å². The molecule has 0 saturated carbocycles. The second-order valence-electron chi connectivity index (χ2n) is 9.36. The predicted octanol–water partition coefficient (Wildman–Crippen LogP) is 2.62. The molecule has 0 atom stereocenters. The molecule has 2 heterocycles. The van der Waals surface area contributed by atoms with E-state index in [9.17, 15) is 0 Å². The Balaban J connectivity index is 1.22. The van der Waals surface area contributed by atoms with Gasteiger partial charge < -0.3 is 20.4 Å². The number of likely N-dealkylation sites (tertiary alicyclic amines) is 1. The van der Waals surface area contributed by atoms with Gasteiger partial charge in [0.15, 0.2) is 5.96 Å². The van der Waals surface area contributed by atoms with Gasteiger partial charge in [-0.2, -0.15) is 0 Å². The van der Waals surface area contributed by atoms with Crippen LogP contribution in [0.2, 0.25) is 0 Å². The van der Waals surface area contributed by atoms with Gasteiger partial charge in [0.2, 0.25) is 0 Å². The first-order chi connectivity index (χ1) is 15.1. The van der Waals surface area contributed by atoms with Gasteiger partial charge >= 0.3 is 0 Å². The molecule has 31 heavy (non-hydrogen) atoms. The second-order valence-corrected chi connectivity index (χ2v) is 9.36. The molecule has 2 fully saturated rings. The van der Waals surface area contributed by atoms with E-state index in [1.165, 1.54) is 77.1 Å². The number of nitrogens with one attached hydrogen (secondary N) is 2. The summed E-state index contributed by atoms with van der Waals surface area (Å²) in [6.07, 6.45) is 4.84. The fourth-order valence-electron chi connectivity index (χ4n) is 4.63. The van der Waals surface area contributed by atoms with Crippen molar-refractivity contribution in [3.63, 3.8) is 0 Å². The minimum atomic E-state index is 0.549. The van der Waals surface area contributed by atoms with E-state index in [2.05, 4.69) is 74.5 Å². The van der Waals surface area contributed by atoms with Crippen molar-refractivity contribution in [2.24, 2.45) is 4.99 Å². The number of aliphatic imine (C=N–C) groups is 1. The molecular weight excluding hydrogens is 384 g/mol. The van der Waals surface area contributed by atoms with Crippen LogP contribution in [0.15, 0.2) is 35.3 Å². The number of piperazine rings is 1. The highest BCUT2D eigenvalue weighted by atomic mass is 15.3. The van der Waals surface area contributed by atoms with Crippen LogP contribution in [0.1, 0.15) is 45.1 Å². The number of rotatable bonds is 9. The van der Waals surface area contributed by atoms with E-state index in [4.69, 9.17) is 0 Å². The summed E-state index contributed by atoms with van der Waals surface area (Å²) in [5.74, 6) is 0.970. The molecule has 0 radical (unpaired) electrons. The van der Waals surface area contributed by atoms with Crippen molar-refractivity contribution in [1.82, 2.24) is 25.3 Å². The molecule has 0 amide bonds. The molecule has 3 rings (SSSR count). The lowest BCUT2D eigenvalue weighted by molar-refractivity contribution is 0.126. The lowest BCUT2D eigenvalue weighted by Gasteiger charge is -2.35. The van der Waals surface area contributed by atoms with E-state index in [1.54, 1.807) is 0 Å². The second kappa shape index (κ2) is 13.0. The van der Waals surface area contributed by atoms with Crippen LogP contribution in [0.4, 0.5) is 0 Å². The Hall–Kier alpha value is -1.63. The third kappa shape index (κ3) is 8.43. The fraction of sp³-hybridized carbons (Fsp3) is 0.720. The lowest BCUT2D eigenvalue weighted by Crippen LogP contribution is -2.50. The topological polar surface area (TPSA) is 46.1 Å². The maximum Gasteiger partial charge on any atom is 0.191 e. The van der Waals surface area contributed by atoms with Gasteiger partial charge in [0.05, 0.1) is 0 Å². The molecule has 6 heteroatoms. The van der Waals surface area contributed by atoms with Gasteiger partial charge in [0, 0.05) is 71.5 Å². The molecule has 2 aliphatic rings. The molecule has 174 valence electrons. The van der Waals surface area contributed by atoms with Gasteiger partial charge in [-0.05, 0) is 51.6 Å². The molecule has 2 N–H and O–H groups in total. The summed E-state index contributed by atoms with van der Waals surface area (Å²) >= 11 is 0. The molecule has 2 saturated heterocycles. The molecule has 0 unspecified atom stereocenters. The summed E-state index contributed by atoms with van der Waals surface area (Å²) in [5, 5.41) is 7.15. The van der Waals surface area contributed by atoms with E-state index in [0.717, 1.165) is 19.0 Å². The molecule has 0 bridgehead atoms. The number of nitrogens with zero attached hydrogens (tertiary/aromatic N) is 4. The molecule has 6 nitrogen and oxygen atoms in total. The van der Waals surface area contributed by atoms with Gasteiger partial charge in [-0.3, -0.25) is 9.89 Å². The third-order valence-corrected chi connectivity index (χ3v) is 6.73. The summed E-state index contributed by atoms with van der Waals surface area (Å²) in [7, 11) is 1.88. The highest BCUT2D eigenvalue weighted by Gasteiger charge is 2.21. The number of guanidine groups is 1. The summed E-state index contributed by atoms with van der Waals surface area (Å²) in [6.45, 7) is 15.0. The largest absolute Gasteiger partial charge is 0.356 e. The lowest BCUT2D eigenvalue weighted by atomic mass is 10.0. The van der Waals surface area contributed by atoms with Crippen LogP contribution in [-0.4, -0.2) is 92.1 Å². The molecule has 1 aromatic carbocycles. The van der Waals surface area contributed by atoms with Gasteiger partial charge in [-0.15, -0.1) is 0 Å². The highest BCUT2D eigenvalue weighted by molar-refractivity contribution is 5.79. The Labute approximate surface area is 190 Å². The van der Waals surface area contributed by atoms with Crippen molar-refractivity contribution in [1.29, 1.82) is 0 Å². The van der Waals surface area contributed by atoms with Gasteiger partial charge in [-0.1, -0.05) is 30.3 Å². The number of hydrogen-bond donors (Lipinski definition) is 2. The Morgan fingerprint density at radius 2 is 1.65 bits per heavy atom. The predicted molar refractivity (Wildman–Crippen MR) is 132 cm³/mol. The van der Waals surface area contributed by atoms with Crippen LogP contribution in [0.3, 0.4) is 0 Å². The van der Waals surface area contributed by atoms with E-state index in [-0.39, 0.29) is 0 Å². The van der Waals surface area contributed by atoms with Crippen LogP contribution < -0.4 is 10.6 Å². The van der Waals surface area contributed by atoms with Gasteiger partial charge in [0.1, 0.15) is 0 Å². The number of hydrogen-bond acceptors (Lipinski definition) is 4. The first kappa shape index (κ1) is 24.0. The van der Waals surface area contributed by atoms with Crippen LogP contribution in [-0.2, 0) is 6.54 Å². The molecule has 0 aliphatic carbocycles. The van der Waals surface area contributed by atoms with Crippen molar-refractivity contribution >= 4 is 5.96 Å². The molecule has 1 aromatic rings. The summed E-state index contributed by atoms with van der Waals surface area (Å²) in [5.41, 5.74) is 1.43. The first-order valence-electron chi connectivity index (χ1n) is 12.3. The summed E-state index contributed by atoms with van der Waals surface area (Å²) < 4.78 is 0. The van der Waals surface area contributed by atoms with Gasteiger partial charge in [0.25, 0.3) is 0 Å². The zero-order chi connectivity index (χ0) is 21.9. The average molecular weight is 429 g/mol. The minimum Gasteiger partial charge on any atom is -0.356 e. The maximum atomic E-state index is 4.43. The Morgan fingerprint density at radius 3 is 2.29 bits per heavy atom. The third-order valence-electron chi connectivity index (χ3n) is 6.73. The Kier molecular flexibility index (Phi) is 10.1. The van der Waals surface area contributed by atoms with Crippen LogP contribution >= 0.6 is 0 Å². The summed E-state index contributed by atoms with van der Waals surface area (Å²) in [4.78, 5) is 12.2. The van der Waals surface area contributed by atoms with Crippen molar-refractivity contribution < 1.29 is 0 Å². The van der Waals surface area contributed by atoms with E-state index in [1.807, 2.05) is 7.05 Å². The Bertz CT molecular complexity index is 631. The van der Waals surface area contributed by atoms with Crippen LogP contribution in [0.5, 0.6) is 0 Å². The SMILES string of the molecule is CN=C(NCCCCN1CCN(Cc2ccccc2)CC1)NC1CCN(C(C)C)CC1. The molecular formula is C25H44N6. The average Bonchev–Trinajstić information content (AvgIpc) is 2.80. The molecule has 0 aromatic heterocycles. The van der Waals surface area contributed by atoms with Gasteiger partial charge in [-0.25, -0.2) is 0 Å². The highest BCUT2D eigenvalue weighted by Crippen LogP contribution is 2.13. The van der Waals surface area contributed by atoms with Crippen molar-refractivity contribution in [3.8, 4) is 0 Å². The zero-order valence-corrected chi connectivity index (χ0v) is 20.0. The number of benzene rings is 1.